The lowest BCUT2D eigenvalue weighted by molar-refractivity contribution is -0.116. The average Bonchev–Trinajstić information content (AvgIpc) is 2.96. The van der Waals surface area contributed by atoms with E-state index in [4.69, 9.17) is 0 Å². The van der Waals surface area contributed by atoms with Gasteiger partial charge in [0.25, 0.3) is 0 Å². The minimum atomic E-state index is 0. The Labute approximate surface area is 166 Å². The number of nitrogens with zero attached hydrogens (tertiary/aromatic N) is 2. The summed E-state index contributed by atoms with van der Waals surface area (Å²) < 4.78 is 0.935. The van der Waals surface area contributed by atoms with E-state index in [1.165, 1.54) is 0 Å². The molecular weight excluding hydrogens is 396 g/mol. The molecule has 0 bridgehead atoms. The second kappa shape index (κ2) is 9.78. The number of hydrogen-bond donors (Lipinski definition) is 2. The van der Waals surface area contributed by atoms with Crippen LogP contribution in [0.2, 0.25) is 0 Å². The van der Waals surface area contributed by atoms with Crippen molar-refractivity contribution in [1.82, 2.24) is 15.5 Å². The molecule has 3 rings (SSSR count). The number of aromatic nitrogens is 2. The Hall–Kier alpha value is -0.800. The average molecular weight is 417 g/mol. The van der Waals surface area contributed by atoms with E-state index in [-0.39, 0.29) is 24.4 Å². The van der Waals surface area contributed by atoms with Gasteiger partial charge in [0.15, 0.2) is 4.34 Å². The first-order valence-corrected chi connectivity index (χ1v) is 10.6. The van der Waals surface area contributed by atoms with Crippen molar-refractivity contribution in [3.8, 4) is 0 Å². The van der Waals surface area contributed by atoms with Gasteiger partial charge in [-0.3, -0.25) is 4.79 Å². The molecule has 1 unspecified atom stereocenters. The predicted molar refractivity (Wildman–Crippen MR) is 110 cm³/mol. The van der Waals surface area contributed by atoms with E-state index in [0.29, 0.717) is 6.42 Å². The number of rotatable bonds is 5. The van der Waals surface area contributed by atoms with E-state index >= 15 is 0 Å². The number of benzene rings is 1. The van der Waals surface area contributed by atoms with E-state index in [1.807, 2.05) is 37.7 Å². The third kappa shape index (κ3) is 6.14. The molecule has 0 spiro atoms. The topological polar surface area (TPSA) is 66.9 Å². The molecule has 1 aliphatic rings. The van der Waals surface area contributed by atoms with Gasteiger partial charge in [-0.1, -0.05) is 23.1 Å². The first-order valence-electron chi connectivity index (χ1n) is 7.80. The molecule has 0 radical (unpaired) electrons. The molecule has 5 nitrogen and oxygen atoms in total. The molecule has 1 aromatic carbocycles. The van der Waals surface area contributed by atoms with E-state index in [9.17, 15) is 4.79 Å². The molecule has 1 fully saturated rings. The van der Waals surface area contributed by atoms with Crippen molar-refractivity contribution >= 4 is 58.9 Å². The van der Waals surface area contributed by atoms with Crippen molar-refractivity contribution in [2.45, 2.75) is 35.5 Å². The second-order valence-electron chi connectivity index (χ2n) is 5.64. The summed E-state index contributed by atoms with van der Waals surface area (Å²) in [4.78, 5) is 13.3. The molecule has 1 atom stereocenters. The Bertz CT molecular complexity index is 719. The van der Waals surface area contributed by atoms with Crippen molar-refractivity contribution < 1.29 is 4.79 Å². The third-order valence-electron chi connectivity index (χ3n) is 3.61. The molecule has 2 N–H and O–H groups in total. The van der Waals surface area contributed by atoms with Gasteiger partial charge in [0.05, 0.1) is 0 Å². The Kier molecular flexibility index (Phi) is 8.02. The molecular formula is C16H21ClN4OS3. The van der Waals surface area contributed by atoms with Crippen LogP contribution in [0.1, 0.15) is 17.0 Å². The van der Waals surface area contributed by atoms with Gasteiger partial charge in [-0.05, 0) is 37.6 Å². The van der Waals surface area contributed by atoms with Crippen molar-refractivity contribution in [3.05, 3.63) is 28.8 Å². The van der Waals surface area contributed by atoms with Crippen molar-refractivity contribution in [2.24, 2.45) is 0 Å². The van der Waals surface area contributed by atoms with Gasteiger partial charge in [0.2, 0.25) is 5.91 Å². The largest absolute Gasteiger partial charge is 0.326 e. The number of halogens is 1. The van der Waals surface area contributed by atoms with Crippen LogP contribution in [0.15, 0.2) is 27.4 Å². The highest BCUT2D eigenvalue weighted by Crippen LogP contribution is 2.32. The van der Waals surface area contributed by atoms with Crippen LogP contribution >= 0.6 is 47.3 Å². The zero-order valence-corrected chi connectivity index (χ0v) is 17.3. The van der Waals surface area contributed by atoms with E-state index < -0.39 is 0 Å². The van der Waals surface area contributed by atoms with Crippen LogP contribution in [0.5, 0.6) is 0 Å². The summed E-state index contributed by atoms with van der Waals surface area (Å²) in [5.74, 6) is 2.20. The Morgan fingerprint density at radius 1 is 1.40 bits per heavy atom. The predicted octanol–water partition coefficient (Wildman–Crippen LogP) is 3.76. The summed E-state index contributed by atoms with van der Waals surface area (Å²) in [5.41, 5.74) is 1.93. The number of thioether (sulfide) groups is 1. The molecule has 0 aliphatic carbocycles. The van der Waals surface area contributed by atoms with Crippen LogP contribution in [0.25, 0.3) is 0 Å². The van der Waals surface area contributed by atoms with Crippen LogP contribution in [-0.2, 0) is 4.79 Å². The standard InChI is InChI=1S/C16H20N4OS3.ClH/c1-10-7-13(24-16-20-19-11(2)23-16)3-4-14(10)18-15(21)8-12-9-22-6-5-17-12;/h3-4,7,12,17H,5-6,8-9H2,1-2H3,(H,18,21);1H. The summed E-state index contributed by atoms with van der Waals surface area (Å²) >= 11 is 5.09. The fourth-order valence-electron chi connectivity index (χ4n) is 2.44. The number of nitrogens with one attached hydrogen (secondary N) is 2. The van der Waals surface area contributed by atoms with Gasteiger partial charge in [-0.2, -0.15) is 11.8 Å². The lowest BCUT2D eigenvalue weighted by Crippen LogP contribution is -2.39. The third-order valence-corrected chi connectivity index (χ3v) is 6.62. The second-order valence-corrected chi connectivity index (χ2v) is 9.30. The SMILES string of the molecule is Cc1nnc(Sc2ccc(NC(=O)CC3CSCCN3)c(C)c2)s1.Cl. The maximum atomic E-state index is 12.2. The fourth-order valence-corrected chi connectivity index (χ4v) is 5.27. The zero-order chi connectivity index (χ0) is 16.9. The lowest BCUT2D eigenvalue weighted by Gasteiger charge is -2.22. The Morgan fingerprint density at radius 3 is 2.88 bits per heavy atom. The van der Waals surface area contributed by atoms with Gasteiger partial charge >= 0.3 is 0 Å². The monoisotopic (exact) mass is 416 g/mol. The van der Waals surface area contributed by atoms with Crippen LogP contribution in [-0.4, -0.2) is 40.2 Å². The molecule has 25 heavy (non-hydrogen) atoms. The van der Waals surface area contributed by atoms with Crippen molar-refractivity contribution in [2.75, 3.05) is 23.4 Å². The molecule has 9 heteroatoms. The molecule has 1 aromatic heterocycles. The Morgan fingerprint density at radius 2 is 2.24 bits per heavy atom. The molecule has 0 saturated carbocycles. The lowest BCUT2D eigenvalue weighted by atomic mass is 10.1. The van der Waals surface area contributed by atoms with E-state index in [1.54, 1.807) is 23.1 Å². The van der Waals surface area contributed by atoms with E-state index in [2.05, 4.69) is 26.9 Å². The normalized spacial score (nSPS) is 17.0. The maximum absolute atomic E-state index is 12.2. The summed E-state index contributed by atoms with van der Waals surface area (Å²) in [7, 11) is 0. The van der Waals surface area contributed by atoms with Crippen LogP contribution in [0.4, 0.5) is 5.69 Å². The number of carbonyl (C=O) groups excluding carboxylic acids is 1. The van der Waals surface area contributed by atoms with E-state index in [0.717, 1.165) is 43.5 Å². The van der Waals surface area contributed by atoms with Gasteiger partial charge < -0.3 is 10.6 Å². The van der Waals surface area contributed by atoms with Gasteiger partial charge in [0, 0.05) is 41.1 Å². The minimum Gasteiger partial charge on any atom is -0.326 e. The molecule has 1 aliphatic heterocycles. The molecule has 2 aromatic rings. The van der Waals surface area contributed by atoms with Crippen LogP contribution in [0, 0.1) is 13.8 Å². The van der Waals surface area contributed by atoms with Gasteiger partial charge in [-0.15, -0.1) is 22.6 Å². The smallest absolute Gasteiger partial charge is 0.225 e. The van der Waals surface area contributed by atoms with Gasteiger partial charge in [-0.25, -0.2) is 0 Å². The van der Waals surface area contributed by atoms with Crippen molar-refractivity contribution in [1.29, 1.82) is 0 Å². The fraction of sp³-hybridized carbons (Fsp3) is 0.438. The first kappa shape index (κ1) is 20.5. The Balaban J connectivity index is 0.00000225. The highest BCUT2D eigenvalue weighted by atomic mass is 35.5. The number of hydrogen-bond acceptors (Lipinski definition) is 7. The molecule has 2 heterocycles. The van der Waals surface area contributed by atoms with Crippen LogP contribution < -0.4 is 10.6 Å². The van der Waals surface area contributed by atoms with Crippen LogP contribution in [0.3, 0.4) is 0 Å². The first-order chi connectivity index (χ1) is 11.6. The highest BCUT2D eigenvalue weighted by Gasteiger charge is 2.17. The molecule has 136 valence electrons. The number of amides is 1. The molecule has 1 saturated heterocycles. The molecule has 1 amide bonds. The minimum absolute atomic E-state index is 0. The number of anilines is 1. The van der Waals surface area contributed by atoms with Gasteiger partial charge in [0.1, 0.15) is 5.01 Å². The summed E-state index contributed by atoms with van der Waals surface area (Å²) in [6, 6.07) is 6.33. The number of aryl methyl sites for hydroxylation is 2. The van der Waals surface area contributed by atoms with Crippen molar-refractivity contribution in [3.63, 3.8) is 0 Å². The number of carbonyl (C=O) groups is 1. The summed E-state index contributed by atoms with van der Waals surface area (Å²) in [5, 5.41) is 15.5. The summed E-state index contributed by atoms with van der Waals surface area (Å²) in [6.45, 7) is 4.95. The highest BCUT2D eigenvalue weighted by molar-refractivity contribution is 8.01. The zero-order valence-electron chi connectivity index (χ0n) is 14.1. The quantitative estimate of drug-likeness (QED) is 0.773. The summed E-state index contributed by atoms with van der Waals surface area (Å²) in [6.07, 6.45) is 0.521. The maximum Gasteiger partial charge on any atom is 0.225 e.